The van der Waals surface area contributed by atoms with Crippen LogP contribution in [0.4, 0.5) is 0 Å². The summed E-state index contributed by atoms with van der Waals surface area (Å²) in [7, 11) is 0. The Morgan fingerprint density at radius 1 is 0.562 bits per heavy atom. The Morgan fingerprint density at radius 2 is 1.22 bits per heavy atom. The minimum Gasteiger partial charge on any atom is -0.343 e. The van der Waals surface area contributed by atoms with Crippen LogP contribution in [0.25, 0.3) is 0 Å². The first-order chi connectivity index (χ1) is 15.3. The van der Waals surface area contributed by atoms with Crippen LogP contribution in [-0.4, -0.2) is 0 Å². The molecule has 0 aromatic heterocycles. The average molecular weight is 465 g/mol. The first kappa shape index (κ1) is 26.7. The third kappa shape index (κ3) is 6.30. The molecule has 0 aliphatic heterocycles. The minimum atomic E-state index is 0. The smallest absolute Gasteiger partial charge is 0.343 e. The molecule has 5 aliphatic rings. The van der Waals surface area contributed by atoms with Crippen LogP contribution < -0.4 is 51.4 Å². The maximum Gasteiger partial charge on any atom is 1.00 e. The maximum absolute atomic E-state index is 4.59. The molecule has 0 saturated heterocycles. The molecule has 5 rings (SSSR count). The molecule has 0 N–H and O–H groups in total. The number of hydrogen-bond donors (Lipinski definition) is 0. The Bertz CT molecular complexity index is 535. The zero-order valence-electron chi connectivity index (χ0n) is 21.8. The summed E-state index contributed by atoms with van der Waals surface area (Å²) in [6, 6.07) is 0. The summed E-state index contributed by atoms with van der Waals surface area (Å²) in [5, 5.41) is 0. The Hall–Kier alpha value is 1.64. The van der Waals surface area contributed by atoms with Gasteiger partial charge in [-0.1, -0.05) is 102 Å². The molecule has 5 aliphatic carbocycles. The van der Waals surface area contributed by atoms with Gasteiger partial charge in [-0.15, -0.1) is 0 Å². The third-order valence-corrected chi connectivity index (χ3v) is 11.6. The van der Waals surface area contributed by atoms with Crippen LogP contribution in [0.1, 0.15) is 135 Å². The van der Waals surface area contributed by atoms with Crippen molar-refractivity contribution in [2.24, 2.45) is 53.3 Å². The molecule has 0 aromatic carbocycles. The van der Waals surface area contributed by atoms with Crippen LogP contribution in [-0.2, 0) is 0 Å². The van der Waals surface area contributed by atoms with Gasteiger partial charge < -0.3 is 6.92 Å². The van der Waals surface area contributed by atoms with Gasteiger partial charge in [-0.3, -0.25) is 0 Å². The molecule has 0 spiro atoms. The van der Waals surface area contributed by atoms with Crippen LogP contribution in [0.5, 0.6) is 0 Å². The van der Waals surface area contributed by atoms with Gasteiger partial charge in [0.05, 0.1) is 0 Å². The molecular formula is C31H53K. The van der Waals surface area contributed by atoms with Crippen LogP contribution >= 0.6 is 0 Å². The van der Waals surface area contributed by atoms with Crippen molar-refractivity contribution >= 4 is 0 Å². The summed E-state index contributed by atoms with van der Waals surface area (Å²) < 4.78 is 0. The quantitative estimate of drug-likeness (QED) is 0.306. The first-order valence-corrected chi connectivity index (χ1v) is 15.1. The fourth-order valence-electron chi connectivity index (χ4n) is 10.1. The SMILES string of the molecule is [CH2-]CC(C1CCC(C2CCCCC2)C1)C1CCCCC1CC1CCCC2CCCCC21.[K+]. The predicted octanol–water partition coefficient (Wildman–Crippen LogP) is 6.63. The molecular weight excluding hydrogens is 411 g/mol. The minimum absolute atomic E-state index is 0. The van der Waals surface area contributed by atoms with Gasteiger partial charge in [0.2, 0.25) is 0 Å². The summed E-state index contributed by atoms with van der Waals surface area (Å²) >= 11 is 0. The molecule has 0 bridgehead atoms. The summed E-state index contributed by atoms with van der Waals surface area (Å²) in [6.45, 7) is 4.59. The number of rotatable bonds is 6. The summed E-state index contributed by atoms with van der Waals surface area (Å²) in [5.74, 6) is 9.58. The van der Waals surface area contributed by atoms with E-state index in [1.54, 1.807) is 83.5 Å². The summed E-state index contributed by atoms with van der Waals surface area (Å²) in [4.78, 5) is 0. The normalized spacial score (nSPS) is 42.1. The summed E-state index contributed by atoms with van der Waals surface area (Å²) in [6.07, 6.45) is 32.3. The molecule has 0 heterocycles. The molecule has 0 radical (unpaired) electrons. The van der Waals surface area contributed by atoms with Crippen LogP contribution in [0.3, 0.4) is 0 Å². The van der Waals surface area contributed by atoms with Gasteiger partial charge in [0.15, 0.2) is 0 Å². The topological polar surface area (TPSA) is 0 Å². The molecule has 32 heavy (non-hydrogen) atoms. The fraction of sp³-hybridized carbons (Fsp3) is 0.968. The van der Waals surface area contributed by atoms with Crippen LogP contribution in [0.15, 0.2) is 0 Å². The zero-order valence-corrected chi connectivity index (χ0v) is 24.9. The standard InChI is InChI=1S/C31H53.K/c1-2-29(28-20-19-25(21-28)23-11-4-3-5-12-23)31-18-9-7-14-27(31)22-26-16-10-15-24-13-6-8-17-30(24)26;/h23-31H,1-22H2;/q-1;+1. The van der Waals surface area contributed by atoms with Crippen molar-refractivity contribution < 1.29 is 51.4 Å². The fourth-order valence-corrected chi connectivity index (χ4v) is 10.1. The van der Waals surface area contributed by atoms with Crippen molar-refractivity contribution in [3.63, 3.8) is 0 Å². The molecule has 0 nitrogen and oxygen atoms in total. The van der Waals surface area contributed by atoms with E-state index in [-0.39, 0.29) is 51.4 Å². The van der Waals surface area contributed by atoms with E-state index in [0.29, 0.717) is 0 Å². The van der Waals surface area contributed by atoms with E-state index in [9.17, 15) is 0 Å². The van der Waals surface area contributed by atoms with Gasteiger partial charge in [-0.2, -0.15) is 6.42 Å². The van der Waals surface area contributed by atoms with Crippen molar-refractivity contribution in [3.8, 4) is 0 Å². The van der Waals surface area contributed by atoms with Gasteiger partial charge in [0, 0.05) is 0 Å². The van der Waals surface area contributed by atoms with Gasteiger partial charge in [0.1, 0.15) is 0 Å². The largest absolute Gasteiger partial charge is 1.00 e. The van der Waals surface area contributed by atoms with Crippen molar-refractivity contribution in [1.82, 2.24) is 0 Å². The Kier molecular flexibility index (Phi) is 11.1. The van der Waals surface area contributed by atoms with Gasteiger partial charge in [-0.05, 0) is 79.4 Å². The second-order valence-electron chi connectivity index (χ2n) is 13.0. The summed E-state index contributed by atoms with van der Waals surface area (Å²) in [5.41, 5.74) is 0. The third-order valence-electron chi connectivity index (χ3n) is 11.6. The van der Waals surface area contributed by atoms with E-state index < -0.39 is 0 Å². The molecule has 8 atom stereocenters. The molecule has 8 unspecified atom stereocenters. The van der Waals surface area contributed by atoms with E-state index in [0.717, 1.165) is 53.3 Å². The van der Waals surface area contributed by atoms with Crippen LogP contribution in [0.2, 0.25) is 0 Å². The van der Waals surface area contributed by atoms with E-state index in [4.69, 9.17) is 0 Å². The molecule has 5 saturated carbocycles. The van der Waals surface area contributed by atoms with Gasteiger partial charge in [-0.25, -0.2) is 0 Å². The molecule has 1 heteroatoms. The zero-order chi connectivity index (χ0) is 21.0. The van der Waals surface area contributed by atoms with E-state index in [1.165, 1.54) is 51.4 Å². The van der Waals surface area contributed by atoms with Crippen LogP contribution in [0, 0.1) is 60.2 Å². The Morgan fingerprint density at radius 3 is 2.06 bits per heavy atom. The van der Waals surface area contributed by atoms with Gasteiger partial charge in [0.25, 0.3) is 0 Å². The number of fused-ring (bicyclic) bond motifs is 1. The van der Waals surface area contributed by atoms with Crippen molar-refractivity contribution in [2.75, 3.05) is 0 Å². The van der Waals surface area contributed by atoms with E-state index in [2.05, 4.69) is 6.92 Å². The average Bonchev–Trinajstić information content (AvgIpc) is 3.31. The number of hydrogen-bond acceptors (Lipinski definition) is 0. The second-order valence-corrected chi connectivity index (χ2v) is 13.0. The van der Waals surface area contributed by atoms with Crippen molar-refractivity contribution in [2.45, 2.75) is 135 Å². The molecule has 5 fully saturated rings. The first-order valence-electron chi connectivity index (χ1n) is 15.1. The molecule has 0 aromatic rings. The molecule has 178 valence electrons. The second kappa shape index (κ2) is 13.3. The predicted molar refractivity (Wildman–Crippen MR) is 134 cm³/mol. The monoisotopic (exact) mass is 464 g/mol. The van der Waals surface area contributed by atoms with E-state index >= 15 is 0 Å². The molecule has 0 amide bonds. The van der Waals surface area contributed by atoms with Crippen molar-refractivity contribution in [1.29, 1.82) is 0 Å². The van der Waals surface area contributed by atoms with Crippen molar-refractivity contribution in [3.05, 3.63) is 6.92 Å². The van der Waals surface area contributed by atoms with E-state index in [1.807, 2.05) is 0 Å². The Labute approximate surface area is 244 Å². The maximum atomic E-state index is 4.59. The Balaban J connectivity index is 0.00000245. The van der Waals surface area contributed by atoms with Gasteiger partial charge >= 0.3 is 51.4 Å².